The summed E-state index contributed by atoms with van der Waals surface area (Å²) in [6, 6.07) is 22.8. The molecule has 0 atom stereocenters. The van der Waals surface area contributed by atoms with E-state index in [2.05, 4.69) is 6.07 Å². The molecule has 0 aliphatic heterocycles. The maximum absolute atomic E-state index is 12.5. The monoisotopic (exact) mass is 499 g/mol. The van der Waals surface area contributed by atoms with E-state index < -0.39 is 11.4 Å². The van der Waals surface area contributed by atoms with Crippen LogP contribution in [0.25, 0.3) is 11.1 Å². The van der Waals surface area contributed by atoms with E-state index in [1.165, 1.54) is 6.26 Å². The first-order valence-corrected chi connectivity index (χ1v) is 11.9. The van der Waals surface area contributed by atoms with E-state index in [1.807, 2.05) is 45.0 Å². The van der Waals surface area contributed by atoms with Gasteiger partial charge in [0.1, 0.15) is 12.0 Å². The first kappa shape index (κ1) is 27.0. The predicted molar refractivity (Wildman–Crippen MR) is 138 cm³/mol. The molecule has 3 rings (SSSR count). The molecule has 0 N–H and O–H groups in total. The van der Waals surface area contributed by atoms with Crippen LogP contribution in [0.1, 0.15) is 49.5 Å². The number of benzene rings is 3. The van der Waals surface area contributed by atoms with Gasteiger partial charge < -0.3 is 9.47 Å². The lowest BCUT2D eigenvalue weighted by Crippen LogP contribution is -2.25. The van der Waals surface area contributed by atoms with Crippen LogP contribution in [0, 0.1) is 16.7 Å². The first-order valence-electron chi connectivity index (χ1n) is 11.9. The molecule has 0 saturated heterocycles. The highest BCUT2D eigenvalue weighted by molar-refractivity contribution is 5.91. The topological polar surface area (TPSA) is 94.8 Å². The van der Waals surface area contributed by atoms with Gasteiger partial charge in [0.15, 0.2) is 5.75 Å². The predicted octanol–water partition coefficient (Wildman–Crippen LogP) is 6.64. The van der Waals surface area contributed by atoms with Crippen LogP contribution >= 0.6 is 0 Å². The summed E-state index contributed by atoms with van der Waals surface area (Å²) in [5, 5.41) is 8.92. The van der Waals surface area contributed by atoms with E-state index in [1.54, 1.807) is 54.6 Å². The molecule has 7 heteroatoms. The summed E-state index contributed by atoms with van der Waals surface area (Å²) in [6.07, 6.45) is 4.25. The van der Waals surface area contributed by atoms with E-state index in [-0.39, 0.29) is 12.6 Å². The van der Waals surface area contributed by atoms with Gasteiger partial charge in [0.2, 0.25) is 0 Å². The second kappa shape index (κ2) is 12.9. The Morgan fingerprint density at radius 2 is 1.49 bits per heavy atom. The summed E-state index contributed by atoms with van der Waals surface area (Å²) in [5.41, 5.74) is 2.38. The molecule has 0 bridgehead atoms. The molecule has 0 aliphatic rings. The highest BCUT2D eigenvalue weighted by Gasteiger charge is 2.26. The fourth-order valence-electron chi connectivity index (χ4n) is 3.02. The number of carbonyl (C=O) groups is 2. The lowest BCUT2D eigenvalue weighted by molar-refractivity contribution is -0.154. The summed E-state index contributed by atoms with van der Waals surface area (Å²) in [7, 11) is 0. The Bertz CT molecular complexity index is 1250. The number of hydrogen-bond donors (Lipinski definition) is 0. The molecule has 0 amide bonds. The highest BCUT2D eigenvalue weighted by Crippen LogP contribution is 2.24. The van der Waals surface area contributed by atoms with E-state index in [0.29, 0.717) is 35.5 Å². The van der Waals surface area contributed by atoms with E-state index >= 15 is 0 Å². The van der Waals surface area contributed by atoms with E-state index in [9.17, 15) is 9.59 Å². The minimum absolute atomic E-state index is 0.223. The smallest absolute Gasteiger partial charge is 0.343 e. The zero-order valence-electron chi connectivity index (χ0n) is 21.1. The van der Waals surface area contributed by atoms with E-state index in [0.717, 1.165) is 11.1 Å². The van der Waals surface area contributed by atoms with Crippen LogP contribution in [0.3, 0.4) is 0 Å². The standard InChI is InChI=1S/C30H29NO6/c1-4-30(2,3)29(33)34-19-5-6-20-35-37-27-17-13-25(14-18-27)28(32)36-26-15-11-24(12-16-26)23-9-7-22(21-31)8-10-23/h6-18,20H,4-5,19H2,1-3H3. The molecule has 0 aromatic heterocycles. The Morgan fingerprint density at radius 1 is 0.892 bits per heavy atom. The number of carbonyl (C=O) groups excluding carboxylic acids is 2. The third-order valence-electron chi connectivity index (χ3n) is 5.75. The summed E-state index contributed by atoms with van der Waals surface area (Å²) in [6.45, 7) is 5.91. The van der Waals surface area contributed by atoms with Gasteiger partial charge in [-0.05, 0) is 86.0 Å². The zero-order chi connectivity index (χ0) is 26.7. The maximum atomic E-state index is 12.5. The van der Waals surface area contributed by atoms with Crippen molar-refractivity contribution in [3.63, 3.8) is 0 Å². The first-order chi connectivity index (χ1) is 17.8. The molecule has 0 heterocycles. The number of hydrogen-bond acceptors (Lipinski definition) is 7. The fraction of sp³-hybridized carbons (Fsp3) is 0.233. The minimum Gasteiger partial charge on any atom is -0.465 e. The van der Waals surface area contributed by atoms with Gasteiger partial charge in [-0.25, -0.2) is 4.79 Å². The van der Waals surface area contributed by atoms with Gasteiger partial charge >= 0.3 is 11.9 Å². The molecule has 3 aromatic carbocycles. The van der Waals surface area contributed by atoms with Crippen LogP contribution in [0.5, 0.6) is 11.5 Å². The van der Waals surface area contributed by atoms with Crippen molar-refractivity contribution in [1.82, 2.24) is 0 Å². The zero-order valence-corrected chi connectivity index (χ0v) is 21.1. The Hall–Kier alpha value is -4.57. The lowest BCUT2D eigenvalue weighted by atomic mass is 9.91. The van der Waals surface area contributed by atoms with Crippen molar-refractivity contribution in [2.24, 2.45) is 5.41 Å². The van der Waals surface area contributed by atoms with Crippen molar-refractivity contribution in [3.8, 4) is 28.7 Å². The van der Waals surface area contributed by atoms with Crippen molar-refractivity contribution in [2.45, 2.75) is 33.6 Å². The van der Waals surface area contributed by atoms with Crippen LogP contribution in [-0.4, -0.2) is 18.5 Å². The molecule has 190 valence electrons. The van der Waals surface area contributed by atoms with E-state index in [4.69, 9.17) is 24.5 Å². The van der Waals surface area contributed by atoms with Crippen molar-refractivity contribution in [2.75, 3.05) is 6.61 Å². The molecule has 0 unspecified atom stereocenters. The number of esters is 2. The highest BCUT2D eigenvalue weighted by atomic mass is 17.2. The Balaban J connectivity index is 1.42. The molecule has 0 spiro atoms. The second-order valence-corrected chi connectivity index (χ2v) is 8.84. The lowest BCUT2D eigenvalue weighted by Gasteiger charge is -2.19. The van der Waals surface area contributed by atoms with Crippen LogP contribution in [0.15, 0.2) is 85.1 Å². The molecule has 0 saturated carbocycles. The molecule has 3 aromatic rings. The van der Waals surface area contributed by atoms with Crippen LogP contribution < -0.4 is 9.62 Å². The molecule has 0 fully saturated rings. The number of rotatable bonds is 11. The van der Waals surface area contributed by atoms with Gasteiger partial charge in [0.25, 0.3) is 0 Å². The molecule has 0 aliphatic carbocycles. The van der Waals surface area contributed by atoms with Crippen molar-refractivity contribution in [3.05, 3.63) is 96.3 Å². The summed E-state index contributed by atoms with van der Waals surface area (Å²) in [5.74, 6) is 0.0998. The average molecular weight is 500 g/mol. The van der Waals surface area contributed by atoms with Gasteiger partial charge in [-0.3, -0.25) is 14.6 Å². The van der Waals surface area contributed by atoms with Gasteiger partial charge in [-0.2, -0.15) is 5.26 Å². The van der Waals surface area contributed by atoms with Crippen molar-refractivity contribution < 1.29 is 28.8 Å². The Labute approximate surface area is 216 Å². The quantitative estimate of drug-likeness (QED) is 0.0729. The number of ether oxygens (including phenoxy) is 2. The third-order valence-corrected chi connectivity index (χ3v) is 5.75. The van der Waals surface area contributed by atoms with Crippen molar-refractivity contribution >= 4 is 11.9 Å². The van der Waals surface area contributed by atoms with Crippen LogP contribution in [-0.2, 0) is 14.4 Å². The largest absolute Gasteiger partial charge is 0.465 e. The summed E-state index contributed by atoms with van der Waals surface area (Å²) < 4.78 is 10.7. The molecular formula is C30H29NO6. The normalized spacial score (nSPS) is 11.0. The summed E-state index contributed by atoms with van der Waals surface area (Å²) >= 11 is 0. The number of nitriles is 1. The molecule has 7 nitrogen and oxygen atoms in total. The van der Waals surface area contributed by atoms with Gasteiger partial charge in [-0.15, -0.1) is 0 Å². The molecule has 37 heavy (non-hydrogen) atoms. The second-order valence-electron chi connectivity index (χ2n) is 8.84. The van der Waals surface area contributed by atoms with Gasteiger partial charge in [-0.1, -0.05) is 31.2 Å². The average Bonchev–Trinajstić information content (AvgIpc) is 2.93. The van der Waals surface area contributed by atoms with Crippen LogP contribution in [0.2, 0.25) is 0 Å². The van der Waals surface area contributed by atoms with Crippen molar-refractivity contribution in [1.29, 1.82) is 5.26 Å². The number of nitrogens with zero attached hydrogens (tertiary/aromatic N) is 1. The SMILES string of the molecule is CCC(C)(C)C(=O)OCCC=COOc1ccc(C(=O)Oc2ccc(-c3ccc(C#N)cc3)cc2)cc1. The Morgan fingerprint density at radius 3 is 2.08 bits per heavy atom. The fourth-order valence-corrected chi connectivity index (χ4v) is 3.02. The molecular weight excluding hydrogens is 470 g/mol. The van der Waals surface area contributed by atoms with Crippen LogP contribution in [0.4, 0.5) is 0 Å². The molecule has 0 radical (unpaired) electrons. The summed E-state index contributed by atoms with van der Waals surface area (Å²) in [4.78, 5) is 34.5. The van der Waals surface area contributed by atoms with Gasteiger partial charge in [0, 0.05) is 6.42 Å². The Kier molecular flexibility index (Phi) is 9.45. The minimum atomic E-state index is -0.501. The van der Waals surface area contributed by atoms with Gasteiger partial charge in [0.05, 0.1) is 29.2 Å². The third kappa shape index (κ3) is 7.97. The maximum Gasteiger partial charge on any atom is 0.343 e.